The summed E-state index contributed by atoms with van der Waals surface area (Å²) in [5.41, 5.74) is 2.21. The summed E-state index contributed by atoms with van der Waals surface area (Å²) in [6.45, 7) is 0.0969. The number of aliphatic hydroxyl groups is 2. The number of amides is 1. The summed E-state index contributed by atoms with van der Waals surface area (Å²) in [5, 5.41) is 20.2. The third kappa shape index (κ3) is 2.67. The minimum atomic E-state index is -0.923. The fourth-order valence-corrected chi connectivity index (χ4v) is 3.23. The van der Waals surface area contributed by atoms with Gasteiger partial charge < -0.3 is 15.1 Å². The molecule has 2 aromatic carbocycles. The van der Waals surface area contributed by atoms with E-state index in [1.54, 1.807) is 18.2 Å². The predicted molar refractivity (Wildman–Crippen MR) is 86.3 cm³/mol. The molecule has 4 nitrogen and oxygen atoms in total. The molecule has 1 aliphatic heterocycles. The fourth-order valence-electron chi connectivity index (χ4n) is 2.82. The van der Waals surface area contributed by atoms with E-state index < -0.39 is 12.1 Å². The molecule has 22 heavy (non-hydrogen) atoms. The van der Waals surface area contributed by atoms with Crippen molar-refractivity contribution in [2.75, 3.05) is 6.61 Å². The molecular formula is C17H16BrNO3. The van der Waals surface area contributed by atoms with E-state index in [4.69, 9.17) is 0 Å². The summed E-state index contributed by atoms with van der Waals surface area (Å²) in [4.78, 5) is 14.1. The monoisotopic (exact) mass is 361 g/mol. The van der Waals surface area contributed by atoms with Crippen LogP contribution >= 0.6 is 15.9 Å². The molecule has 5 heteroatoms. The number of rotatable bonds is 4. The van der Waals surface area contributed by atoms with E-state index in [-0.39, 0.29) is 12.5 Å². The molecular weight excluding hydrogens is 346 g/mol. The first kappa shape index (κ1) is 15.2. The van der Waals surface area contributed by atoms with Crippen LogP contribution < -0.4 is 0 Å². The van der Waals surface area contributed by atoms with Crippen LogP contribution in [0.3, 0.4) is 0 Å². The molecule has 0 aromatic heterocycles. The number of benzene rings is 2. The molecule has 0 saturated carbocycles. The Kier molecular flexibility index (Phi) is 4.29. The van der Waals surface area contributed by atoms with Gasteiger partial charge in [0.2, 0.25) is 0 Å². The lowest BCUT2D eigenvalue weighted by Gasteiger charge is -2.30. The molecule has 0 radical (unpaired) electrons. The first-order valence-corrected chi connectivity index (χ1v) is 7.84. The van der Waals surface area contributed by atoms with Crippen LogP contribution in [0, 0.1) is 0 Å². The van der Waals surface area contributed by atoms with Gasteiger partial charge in [-0.3, -0.25) is 4.79 Å². The van der Waals surface area contributed by atoms with Crippen molar-refractivity contribution in [3.05, 3.63) is 69.7 Å². The number of fused-ring (bicyclic) bond motifs is 1. The number of aliphatic hydroxyl groups excluding tert-OH is 2. The summed E-state index contributed by atoms with van der Waals surface area (Å²) in [6.07, 6.45) is -0.923. The zero-order valence-corrected chi connectivity index (χ0v) is 13.4. The topological polar surface area (TPSA) is 60.8 Å². The Balaban J connectivity index is 1.88. The average Bonchev–Trinajstić information content (AvgIpc) is 2.85. The van der Waals surface area contributed by atoms with Crippen molar-refractivity contribution in [1.82, 2.24) is 4.90 Å². The van der Waals surface area contributed by atoms with Crippen LogP contribution in [0.2, 0.25) is 0 Å². The third-order valence-electron chi connectivity index (χ3n) is 3.99. The van der Waals surface area contributed by atoms with Crippen LogP contribution in [0.25, 0.3) is 0 Å². The largest absolute Gasteiger partial charge is 0.394 e. The Labute approximate surface area is 137 Å². The Morgan fingerprint density at radius 2 is 1.91 bits per heavy atom. The highest BCUT2D eigenvalue weighted by molar-refractivity contribution is 9.10. The smallest absolute Gasteiger partial charge is 0.254 e. The van der Waals surface area contributed by atoms with Crippen LogP contribution in [-0.4, -0.2) is 33.7 Å². The van der Waals surface area contributed by atoms with Crippen molar-refractivity contribution < 1.29 is 15.0 Å². The second kappa shape index (κ2) is 6.20. The van der Waals surface area contributed by atoms with E-state index in [9.17, 15) is 15.0 Å². The lowest BCUT2D eigenvalue weighted by Crippen LogP contribution is -2.42. The number of carbonyl (C=O) groups excluding carboxylic acids is 1. The Bertz CT molecular complexity index is 690. The van der Waals surface area contributed by atoms with Crippen LogP contribution in [-0.2, 0) is 6.54 Å². The van der Waals surface area contributed by atoms with E-state index >= 15 is 0 Å². The first-order valence-electron chi connectivity index (χ1n) is 7.05. The molecule has 1 heterocycles. The van der Waals surface area contributed by atoms with E-state index in [1.807, 2.05) is 30.3 Å². The molecule has 0 unspecified atom stereocenters. The second-order valence-electron chi connectivity index (χ2n) is 5.34. The summed E-state index contributed by atoms with van der Waals surface area (Å²) >= 11 is 3.40. The van der Waals surface area contributed by atoms with E-state index in [0.29, 0.717) is 17.7 Å². The average molecular weight is 362 g/mol. The molecule has 2 atom stereocenters. The van der Waals surface area contributed by atoms with Gasteiger partial charge in [0.1, 0.15) is 6.10 Å². The van der Waals surface area contributed by atoms with Gasteiger partial charge in [-0.1, -0.05) is 46.3 Å². The third-order valence-corrected chi connectivity index (χ3v) is 4.49. The highest BCUT2D eigenvalue weighted by Gasteiger charge is 2.36. The molecule has 3 rings (SSSR count). The highest BCUT2D eigenvalue weighted by Crippen LogP contribution is 2.31. The molecule has 1 amide bonds. The van der Waals surface area contributed by atoms with Gasteiger partial charge in [-0.15, -0.1) is 0 Å². The van der Waals surface area contributed by atoms with Crippen molar-refractivity contribution in [3.8, 4) is 0 Å². The van der Waals surface area contributed by atoms with Crippen LogP contribution in [0.15, 0.2) is 53.0 Å². The summed E-state index contributed by atoms with van der Waals surface area (Å²) in [6, 6.07) is 13.9. The van der Waals surface area contributed by atoms with Gasteiger partial charge in [-0.05, 0) is 29.3 Å². The standard InChI is InChI=1S/C17H16BrNO3/c18-13-6-7-14-12(8-13)9-19(17(14)22)15(10-20)16(21)11-4-2-1-3-5-11/h1-8,15-16,20-21H,9-10H2/t15-,16-/m0/s1. The Morgan fingerprint density at radius 3 is 2.59 bits per heavy atom. The quantitative estimate of drug-likeness (QED) is 0.879. The van der Waals surface area contributed by atoms with Crippen LogP contribution in [0.5, 0.6) is 0 Å². The Hall–Kier alpha value is -1.69. The van der Waals surface area contributed by atoms with Crippen molar-refractivity contribution in [3.63, 3.8) is 0 Å². The molecule has 2 aromatic rings. The van der Waals surface area contributed by atoms with Crippen LogP contribution in [0.1, 0.15) is 27.6 Å². The maximum Gasteiger partial charge on any atom is 0.254 e. The van der Waals surface area contributed by atoms with Gasteiger partial charge >= 0.3 is 0 Å². The maximum absolute atomic E-state index is 12.5. The highest BCUT2D eigenvalue weighted by atomic mass is 79.9. The predicted octanol–water partition coefficient (Wildman–Crippen LogP) is 2.50. The fraction of sp³-hybridized carbons (Fsp3) is 0.235. The molecule has 2 N–H and O–H groups in total. The summed E-state index contributed by atoms with van der Waals surface area (Å²) < 4.78 is 0.907. The van der Waals surface area contributed by atoms with Crippen molar-refractivity contribution in [1.29, 1.82) is 0 Å². The van der Waals surface area contributed by atoms with Crippen molar-refractivity contribution >= 4 is 21.8 Å². The summed E-state index contributed by atoms with van der Waals surface area (Å²) in [7, 11) is 0. The van der Waals surface area contributed by atoms with Gasteiger partial charge in [0.25, 0.3) is 5.91 Å². The van der Waals surface area contributed by atoms with Crippen molar-refractivity contribution in [2.45, 2.75) is 18.7 Å². The lowest BCUT2D eigenvalue weighted by molar-refractivity contribution is 0.0152. The lowest BCUT2D eigenvalue weighted by atomic mass is 10.0. The second-order valence-corrected chi connectivity index (χ2v) is 6.26. The van der Waals surface area contributed by atoms with Crippen LogP contribution in [0.4, 0.5) is 0 Å². The zero-order chi connectivity index (χ0) is 15.7. The minimum absolute atomic E-state index is 0.156. The SMILES string of the molecule is O=C1c2ccc(Br)cc2CN1[C@@H](CO)[C@@H](O)c1ccccc1. The molecule has 0 bridgehead atoms. The van der Waals surface area contributed by atoms with Gasteiger partial charge in [-0.2, -0.15) is 0 Å². The van der Waals surface area contributed by atoms with Gasteiger partial charge in [-0.25, -0.2) is 0 Å². The van der Waals surface area contributed by atoms with Crippen molar-refractivity contribution in [2.24, 2.45) is 0 Å². The zero-order valence-electron chi connectivity index (χ0n) is 11.8. The van der Waals surface area contributed by atoms with E-state index in [0.717, 1.165) is 10.0 Å². The number of nitrogens with zero attached hydrogens (tertiary/aromatic N) is 1. The molecule has 1 aliphatic rings. The number of hydrogen-bond donors (Lipinski definition) is 2. The minimum Gasteiger partial charge on any atom is -0.394 e. The number of carbonyl (C=O) groups is 1. The molecule has 114 valence electrons. The molecule has 0 fully saturated rings. The maximum atomic E-state index is 12.5. The van der Waals surface area contributed by atoms with Gasteiger partial charge in [0.05, 0.1) is 12.6 Å². The van der Waals surface area contributed by atoms with Gasteiger partial charge in [0.15, 0.2) is 0 Å². The first-order chi connectivity index (χ1) is 10.6. The molecule has 0 saturated heterocycles. The van der Waals surface area contributed by atoms with E-state index in [2.05, 4.69) is 15.9 Å². The normalized spacial score (nSPS) is 16.5. The van der Waals surface area contributed by atoms with E-state index in [1.165, 1.54) is 4.90 Å². The van der Waals surface area contributed by atoms with Gasteiger partial charge in [0, 0.05) is 16.6 Å². The summed E-state index contributed by atoms with van der Waals surface area (Å²) in [5.74, 6) is -0.156. The number of hydrogen-bond acceptors (Lipinski definition) is 3. The number of halogens is 1. The Morgan fingerprint density at radius 1 is 1.18 bits per heavy atom. The molecule has 0 aliphatic carbocycles. The molecule has 0 spiro atoms.